The molecule has 0 bridgehead atoms. The number of aromatic amines is 1. The molecule has 4 aromatic rings. The minimum absolute atomic E-state index is 0.0854. The Balaban J connectivity index is 1.94. The Morgan fingerprint density at radius 2 is 1.81 bits per heavy atom. The number of anilines is 1. The second-order valence-electron chi connectivity index (χ2n) is 5.94. The van der Waals surface area contributed by atoms with Gasteiger partial charge in [0.25, 0.3) is 5.82 Å². The van der Waals surface area contributed by atoms with Crippen molar-refractivity contribution in [3.8, 4) is 5.75 Å². The monoisotopic (exact) mass is 346 g/mol. The lowest BCUT2D eigenvalue weighted by Crippen LogP contribution is -2.20. The minimum Gasteiger partial charge on any atom is -0.507 e. The topological polar surface area (TPSA) is 59.3 Å². The molecule has 0 spiro atoms. The van der Waals surface area contributed by atoms with Gasteiger partial charge < -0.3 is 5.11 Å². The number of phenols is 1. The van der Waals surface area contributed by atoms with Crippen LogP contribution in [0, 0.1) is 5.82 Å². The standard InChI is InChI=1S/C21H16FN3O/c22-16-8-2-1-6-14(16)21(25-19-9-3-4-12-24-19)20-15-7-5-13-23-17(15)10-11-18(20)26/h1-13,21,26H,(H,24,25)/p+1/t21-/m1/s1. The van der Waals surface area contributed by atoms with Gasteiger partial charge in [0.05, 0.1) is 17.3 Å². The van der Waals surface area contributed by atoms with Crippen molar-refractivity contribution in [1.29, 1.82) is 0 Å². The molecule has 1 atom stereocenters. The molecule has 0 saturated carbocycles. The Morgan fingerprint density at radius 1 is 0.962 bits per heavy atom. The van der Waals surface area contributed by atoms with E-state index in [0.29, 0.717) is 16.9 Å². The zero-order valence-electron chi connectivity index (χ0n) is 13.9. The van der Waals surface area contributed by atoms with Gasteiger partial charge in [0.1, 0.15) is 11.6 Å². The van der Waals surface area contributed by atoms with Crippen LogP contribution in [0.1, 0.15) is 17.2 Å². The number of fused-ring (bicyclic) bond motifs is 1. The summed E-state index contributed by atoms with van der Waals surface area (Å²) in [5, 5.41) is 14.7. The van der Waals surface area contributed by atoms with Crippen molar-refractivity contribution in [2.24, 2.45) is 0 Å². The number of hydrogen-bond donors (Lipinski definition) is 2. The van der Waals surface area contributed by atoms with Crippen LogP contribution in [-0.2, 0) is 0 Å². The van der Waals surface area contributed by atoms with Gasteiger partial charge in [-0.25, -0.2) is 9.37 Å². The Morgan fingerprint density at radius 3 is 2.62 bits per heavy atom. The molecule has 2 aromatic carbocycles. The molecule has 0 aliphatic heterocycles. The molecule has 4 nitrogen and oxygen atoms in total. The molecule has 0 aliphatic rings. The first kappa shape index (κ1) is 16.0. The molecule has 0 fully saturated rings. The van der Waals surface area contributed by atoms with E-state index in [1.807, 2.05) is 24.3 Å². The molecule has 2 heterocycles. The first-order valence-corrected chi connectivity index (χ1v) is 8.28. The van der Waals surface area contributed by atoms with Crippen LogP contribution in [0.3, 0.4) is 0 Å². The van der Waals surface area contributed by atoms with Gasteiger partial charge in [-0.2, -0.15) is 0 Å². The van der Waals surface area contributed by atoms with Gasteiger partial charge in [0, 0.05) is 23.2 Å². The maximum atomic E-state index is 14.6. The Hall–Kier alpha value is -3.47. The Labute approximate surface area is 150 Å². The molecular formula is C21H17FN3O+. The van der Waals surface area contributed by atoms with Crippen LogP contribution in [0.5, 0.6) is 5.75 Å². The Bertz CT molecular complexity index is 1050. The molecule has 128 valence electrons. The second kappa shape index (κ2) is 6.80. The molecular weight excluding hydrogens is 329 g/mol. The van der Waals surface area contributed by atoms with Crippen molar-refractivity contribution in [2.75, 3.05) is 5.32 Å². The normalized spacial score (nSPS) is 12.0. The fourth-order valence-corrected chi connectivity index (χ4v) is 3.12. The minimum atomic E-state index is -0.595. The number of aromatic nitrogens is 2. The summed E-state index contributed by atoms with van der Waals surface area (Å²) in [6, 6.07) is 18.6. The van der Waals surface area contributed by atoms with Gasteiger partial charge in [-0.1, -0.05) is 30.3 Å². The molecule has 4 rings (SSSR count). The zero-order chi connectivity index (χ0) is 17.9. The summed E-state index contributed by atoms with van der Waals surface area (Å²) in [7, 11) is 0. The number of halogens is 1. The van der Waals surface area contributed by atoms with E-state index in [-0.39, 0.29) is 11.6 Å². The lowest BCUT2D eigenvalue weighted by Gasteiger charge is -2.19. The summed E-state index contributed by atoms with van der Waals surface area (Å²) in [4.78, 5) is 7.44. The van der Waals surface area contributed by atoms with E-state index in [1.165, 1.54) is 6.07 Å². The number of aromatic hydroxyl groups is 1. The summed E-state index contributed by atoms with van der Waals surface area (Å²) in [5.41, 5.74) is 1.76. The largest absolute Gasteiger partial charge is 0.507 e. The third-order valence-electron chi connectivity index (χ3n) is 4.32. The first-order valence-electron chi connectivity index (χ1n) is 8.28. The number of hydrogen-bond acceptors (Lipinski definition) is 3. The van der Waals surface area contributed by atoms with E-state index in [2.05, 4.69) is 15.3 Å². The smallest absolute Gasteiger partial charge is 0.272 e. The first-order chi connectivity index (χ1) is 12.7. The molecule has 0 amide bonds. The summed E-state index contributed by atoms with van der Waals surface area (Å²) in [6.45, 7) is 0. The number of nitrogens with zero attached hydrogens (tertiary/aromatic N) is 1. The predicted octanol–water partition coefficient (Wildman–Crippen LogP) is 4.10. The average Bonchev–Trinajstić information content (AvgIpc) is 2.68. The van der Waals surface area contributed by atoms with E-state index in [0.717, 1.165) is 10.9 Å². The van der Waals surface area contributed by atoms with E-state index in [1.54, 1.807) is 48.8 Å². The molecule has 0 saturated heterocycles. The lowest BCUT2D eigenvalue weighted by molar-refractivity contribution is -0.361. The maximum Gasteiger partial charge on any atom is 0.272 e. The molecule has 5 heteroatoms. The molecule has 0 radical (unpaired) electrons. The second-order valence-corrected chi connectivity index (χ2v) is 5.94. The highest BCUT2D eigenvalue weighted by molar-refractivity contribution is 5.86. The van der Waals surface area contributed by atoms with Crippen molar-refractivity contribution in [3.63, 3.8) is 0 Å². The highest BCUT2D eigenvalue weighted by Crippen LogP contribution is 2.37. The van der Waals surface area contributed by atoms with Gasteiger partial charge in [-0.05, 0) is 30.3 Å². The highest BCUT2D eigenvalue weighted by Gasteiger charge is 2.27. The van der Waals surface area contributed by atoms with Gasteiger partial charge >= 0.3 is 0 Å². The van der Waals surface area contributed by atoms with E-state index in [9.17, 15) is 9.50 Å². The van der Waals surface area contributed by atoms with Crippen molar-refractivity contribution in [1.82, 2.24) is 4.98 Å². The van der Waals surface area contributed by atoms with Crippen LogP contribution in [-0.4, -0.2) is 10.1 Å². The fourth-order valence-electron chi connectivity index (χ4n) is 3.12. The van der Waals surface area contributed by atoms with Gasteiger partial charge in [-0.3, -0.25) is 10.3 Å². The van der Waals surface area contributed by atoms with Gasteiger partial charge in [0.2, 0.25) is 0 Å². The van der Waals surface area contributed by atoms with Crippen molar-refractivity contribution < 1.29 is 14.5 Å². The summed E-state index contributed by atoms with van der Waals surface area (Å²) >= 11 is 0. The quantitative estimate of drug-likeness (QED) is 0.585. The fraction of sp³-hybridized carbons (Fsp3) is 0.0476. The van der Waals surface area contributed by atoms with Crippen molar-refractivity contribution in [2.45, 2.75) is 6.04 Å². The number of benzene rings is 2. The van der Waals surface area contributed by atoms with Crippen LogP contribution >= 0.6 is 0 Å². The number of nitrogens with one attached hydrogen (secondary N) is 2. The van der Waals surface area contributed by atoms with Crippen LogP contribution in [0.15, 0.2) is 79.1 Å². The number of H-pyrrole nitrogens is 1. The van der Waals surface area contributed by atoms with Crippen molar-refractivity contribution >= 4 is 16.7 Å². The molecule has 3 N–H and O–H groups in total. The van der Waals surface area contributed by atoms with E-state index >= 15 is 0 Å². The summed E-state index contributed by atoms with van der Waals surface area (Å²) in [6.07, 6.45) is 3.48. The third kappa shape index (κ3) is 2.95. The molecule has 0 aliphatic carbocycles. The van der Waals surface area contributed by atoms with Crippen molar-refractivity contribution in [3.05, 3.63) is 96.1 Å². The van der Waals surface area contributed by atoms with Crippen LogP contribution in [0.2, 0.25) is 0 Å². The summed E-state index contributed by atoms with van der Waals surface area (Å²) in [5.74, 6) is 0.449. The average molecular weight is 346 g/mol. The Kier molecular flexibility index (Phi) is 4.19. The van der Waals surface area contributed by atoms with Gasteiger partial charge in [-0.15, -0.1) is 0 Å². The molecule has 2 aromatic heterocycles. The number of pyridine rings is 2. The molecule has 0 unspecified atom stereocenters. The third-order valence-corrected chi connectivity index (χ3v) is 4.32. The van der Waals surface area contributed by atoms with Crippen LogP contribution < -0.4 is 10.3 Å². The zero-order valence-corrected chi connectivity index (χ0v) is 13.9. The van der Waals surface area contributed by atoms with E-state index < -0.39 is 6.04 Å². The van der Waals surface area contributed by atoms with Crippen LogP contribution in [0.25, 0.3) is 10.9 Å². The predicted molar refractivity (Wildman–Crippen MR) is 98.3 cm³/mol. The highest BCUT2D eigenvalue weighted by atomic mass is 19.1. The van der Waals surface area contributed by atoms with E-state index in [4.69, 9.17) is 0 Å². The SMILES string of the molecule is Oc1ccc2ncccc2c1[C@H](Nc1cccc[nH+]1)c1ccccc1F. The number of phenolic OH excluding ortho intramolecular Hbond substituents is 1. The summed E-state index contributed by atoms with van der Waals surface area (Å²) < 4.78 is 14.6. The van der Waals surface area contributed by atoms with Crippen LogP contribution in [0.4, 0.5) is 10.2 Å². The molecule has 26 heavy (non-hydrogen) atoms. The number of rotatable bonds is 4. The van der Waals surface area contributed by atoms with Gasteiger partial charge in [0.15, 0.2) is 6.04 Å². The lowest BCUT2D eigenvalue weighted by atomic mass is 9.93. The maximum absolute atomic E-state index is 14.6.